The molecule has 1 fully saturated rings. The number of benzene rings is 1. The molecule has 5 nitrogen and oxygen atoms in total. The van der Waals surface area contributed by atoms with Gasteiger partial charge < -0.3 is 14.6 Å². The summed E-state index contributed by atoms with van der Waals surface area (Å²) < 4.78 is 7.84. The van der Waals surface area contributed by atoms with Crippen molar-refractivity contribution in [3.63, 3.8) is 0 Å². The van der Waals surface area contributed by atoms with Crippen LogP contribution in [0.4, 0.5) is 0 Å². The van der Waals surface area contributed by atoms with Gasteiger partial charge in [-0.25, -0.2) is 0 Å². The fourth-order valence-electron chi connectivity index (χ4n) is 4.63. The third kappa shape index (κ3) is 3.74. The normalized spacial score (nSPS) is 16.0. The average molecular weight is 392 g/mol. The maximum atomic E-state index is 13.4. The van der Waals surface area contributed by atoms with Crippen molar-refractivity contribution in [2.24, 2.45) is 0 Å². The van der Waals surface area contributed by atoms with E-state index in [1.807, 2.05) is 31.2 Å². The fraction of sp³-hybridized carbons (Fsp3) is 0.417. The molecule has 1 atom stereocenters. The van der Waals surface area contributed by atoms with E-state index in [9.17, 15) is 4.79 Å². The van der Waals surface area contributed by atoms with Gasteiger partial charge in [-0.15, -0.1) is 0 Å². The molecule has 1 aromatic carbocycles. The Bertz CT molecular complexity index is 1000. The van der Waals surface area contributed by atoms with Crippen LogP contribution in [0.25, 0.3) is 10.9 Å². The zero-order valence-corrected chi connectivity index (χ0v) is 17.4. The molecule has 3 aromatic rings. The number of hydrogen-bond donors (Lipinski definition) is 1. The Hall–Kier alpha value is -2.82. The van der Waals surface area contributed by atoms with Gasteiger partial charge >= 0.3 is 0 Å². The molecule has 2 aromatic heterocycles. The van der Waals surface area contributed by atoms with Crippen LogP contribution < -0.4 is 10.1 Å². The van der Waals surface area contributed by atoms with Crippen molar-refractivity contribution in [3.05, 3.63) is 59.5 Å². The predicted octanol–water partition coefficient (Wildman–Crippen LogP) is 5.35. The molecule has 1 saturated carbocycles. The van der Waals surface area contributed by atoms with Crippen molar-refractivity contribution in [1.82, 2.24) is 14.9 Å². The van der Waals surface area contributed by atoms with E-state index in [2.05, 4.69) is 27.9 Å². The Balaban J connectivity index is 1.76. The number of nitrogens with zero attached hydrogens (tertiary/aromatic N) is 2. The highest BCUT2D eigenvalue weighted by molar-refractivity contribution is 6.09. The van der Waals surface area contributed by atoms with Gasteiger partial charge in [-0.05, 0) is 56.5 Å². The van der Waals surface area contributed by atoms with E-state index in [1.54, 1.807) is 19.5 Å². The monoisotopic (exact) mass is 391 g/mol. The van der Waals surface area contributed by atoms with Crippen LogP contribution in [-0.4, -0.2) is 22.6 Å². The number of carbonyl (C=O) groups is 1. The van der Waals surface area contributed by atoms with Crippen molar-refractivity contribution in [3.8, 4) is 5.75 Å². The van der Waals surface area contributed by atoms with E-state index in [0.717, 1.165) is 33.5 Å². The first kappa shape index (κ1) is 19.5. The van der Waals surface area contributed by atoms with Crippen LogP contribution in [0.1, 0.15) is 72.7 Å². The molecule has 0 radical (unpaired) electrons. The topological polar surface area (TPSA) is 56.1 Å². The van der Waals surface area contributed by atoms with Gasteiger partial charge in [-0.2, -0.15) is 0 Å². The minimum atomic E-state index is -0.116. The summed E-state index contributed by atoms with van der Waals surface area (Å²) in [5.41, 5.74) is 3.90. The lowest BCUT2D eigenvalue weighted by molar-refractivity contribution is 0.0940. The Kier molecular flexibility index (Phi) is 5.56. The Morgan fingerprint density at radius 1 is 1.24 bits per heavy atom. The van der Waals surface area contributed by atoms with Gasteiger partial charge in [0.15, 0.2) is 0 Å². The molecular formula is C24H29N3O2. The SMILES string of the molecule is COc1ccc2c(c1)c(C(=O)NC(C)c1cccnc1)c(C)n2C1CCCCC1. The summed E-state index contributed by atoms with van der Waals surface area (Å²) >= 11 is 0. The number of carbonyl (C=O) groups excluding carboxylic acids is 1. The van der Waals surface area contributed by atoms with Crippen molar-refractivity contribution in [1.29, 1.82) is 0 Å². The highest BCUT2D eigenvalue weighted by Gasteiger charge is 2.26. The van der Waals surface area contributed by atoms with Crippen LogP contribution in [0.2, 0.25) is 0 Å². The van der Waals surface area contributed by atoms with Gasteiger partial charge in [0.1, 0.15) is 5.75 Å². The summed E-state index contributed by atoms with van der Waals surface area (Å²) in [6, 6.07) is 10.3. The third-order valence-electron chi connectivity index (χ3n) is 6.15. The molecule has 0 saturated heterocycles. The summed E-state index contributed by atoms with van der Waals surface area (Å²) in [5, 5.41) is 4.13. The molecule has 1 unspecified atom stereocenters. The fourth-order valence-corrected chi connectivity index (χ4v) is 4.63. The van der Waals surface area contributed by atoms with E-state index in [-0.39, 0.29) is 11.9 Å². The van der Waals surface area contributed by atoms with Gasteiger partial charge in [0.2, 0.25) is 0 Å². The number of fused-ring (bicyclic) bond motifs is 1. The van der Waals surface area contributed by atoms with Crippen molar-refractivity contribution in [2.45, 2.75) is 58.0 Å². The van der Waals surface area contributed by atoms with E-state index in [4.69, 9.17) is 4.74 Å². The van der Waals surface area contributed by atoms with Crippen LogP contribution in [0.5, 0.6) is 5.75 Å². The number of methoxy groups -OCH3 is 1. The molecule has 0 aliphatic heterocycles. The van der Waals surface area contributed by atoms with Crippen LogP contribution in [0.3, 0.4) is 0 Å². The first-order chi connectivity index (χ1) is 14.1. The number of rotatable bonds is 5. The first-order valence-electron chi connectivity index (χ1n) is 10.5. The van der Waals surface area contributed by atoms with Gasteiger partial charge in [0.05, 0.1) is 18.7 Å². The number of nitrogens with one attached hydrogen (secondary N) is 1. The number of hydrogen-bond acceptors (Lipinski definition) is 3. The quantitative estimate of drug-likeness (QED) is 0.638. The number of aromatic nitrogens is 2. The molecule has 152 valence electrons. The zero-order valence-electron chi connectivity index (χ0n) is 17.4. The first-order valence-corrected chi connectivity index (χ1v) is 10.5. The summed E-state index contributed by atoms with van der Waals surface area (Å²) in [6.45, 7) is 4.07. The number of ether oxygens (including phenoxy) is 1. The van der Waals surface area contributed by atoms with Crippen molar-refractivity contribution >= 4 is 16.8 Å². The van der Waals surface area contributed by atoms with Crippen molar-refractivity contribution in [2.75, 3.05) is 7.11 Å². The standard InChI is InChI=1S/C24H29N3O2/c1-16(18-8-7-13-25-15-18)26-24(28)23-17(2)27(19-9-5-4-6-10-19)22-12-11-20(29-3)14-21(22)23/h7-8,11-16,19H,4-6,9-10H2,1-3H3,(H,26,28). The molecule has 1 aliphatic carbocycles. The molecule has 1 N–H and O–H groups in total. The van der Waals surface area contributed by atoms with E-state index in [1.165, 1.54) is 32.1 Å². The number of pyridine rings is 1. The molecule has 0 bridgehead atoms. The Morgan fingerprint density at radius 2 is 2.03 bits per heavy atom. The predicted molar refractivity (Wildman–Crippen MR) is 115 cm³/mol. The molecule has 29 heavy (non-hydrogen) atoms. The minimum Gasteiger partial charge on any atom is -0.497 e. The van der Waals surface area contributed by atoms with Crippen LogP contribution in [0, 0.1) is 6.92 Å². The Morgan fingerprint density at radius 3 is 2.72 bits per heavy atom. The maximum Gasteiger partial charge on any atom is 0.254 e. The van der Waals surface area contributed by atoms with Crippen LogP contribution in [0.15, 0.2) is 42.7 Å². The lowest BCUT2D eigenvalue weighted by Crippen LogP contribution is -2.27. The van der Waals surface area contributed by atoms with Gasteiger partial charge in [0.25, 0.3) is 5.91 Å². The largest absolute Gasteiger partial charge is 0.497 e. The Labute approximate surface area is 172 Å². The molecule has 1 amide bonds. The van der Waals surface area contributed by atoms with E-state index in [0.29, 0.717) is 6.04 Å². The molecule has 4 rings (SSSR count). The second kappa shape index (κ2) is 8.27. The highest BCUT2D eigenvalue weighted by atomic mass is 16.5. The second-order valence-corrected chi connectivity index (χ2v) is 7.99. The maximum absolute atomic E-state index is 13.4. The summed E-state index contributed by atoms with van der Waals surface area (Å²) in [7, 11) is 1.66. The van der Waals surface area contributed by atoms with Crippen LogP contribution >= 0.6 is 0 Å². The summed E-state index contributed by atoms with van der Waals surface area (Å²) in [5.74, 6) is 0.722. The van der Waals surface area contributed by atoms with E-state index >= 15 is 0 Å². The summed E-state index contributed by atoms with van der Waals surface area (Å²) in [6.07, 6.45) is 9.68. The lowest BCUT2D eigenvalue weighted by atomic mass is 9.95. The van der Waals surface area contributed by atoms with Gasteiger partial charge in [-0.3, -0.25) is 9.78 Å². The zero-order chi connectivity index (χ0) is 20.4. The smallest absolute Gasteiger partial charge is 0.254 e. The molecule has 0 spiro atoms. The van der Waals surface area contributed by atoms with Crippen LogP contribution in [-0.2, 0) is 0 Å². The van der Waals surface area contributed by atoms with Crippen molar-refractivity contribution < 1.29 is 9.53 Å². The number of amides is 1. The molecule has 5 heteroatoms. The molecule has 1 aliphatic rings. The average Bonchev–Trinajstić information content (AvgIpc) is 3.05. The summed E-state index contributed by atoms with van der Waals surface area (Å²) in [4.78, 5) is 17.5. The molecular weight excluding hydrogens is 362 g/mol. The van der Waals surface area contributed by atoms with E-state index < -0.39 is 0 Å². The second-order valence-electron chi connectivity index (χ2n) is 7.99. The van der Waals surface area contributed by atoms with Gasteiger partial charge in [0, 0.05) is 35.0 Å². The van der Waals surface area contributed by atoms with Gasteiger partial charge in [-0.1, -0.05) is 25.3 Å². The highest BCUT2D eigenvalue weighted by Crippen LogP contribution is 2.37. The third-order valence-corrected chi connectivity index (χ3v) is 6.15. The lowest BCUT2D eigenvalue weighted by Gasteiger charge is -2.26. The minimum absolute atomic E-state index is 0.0494. The molecule has 2 heterocycles.